The average Bonchev–Trinajstić information content (AvgIpc) is 1.94. The maximum atomic E-state index is 10.4. The fraction of sp³-hybridized carbons (Fsp3) is 1.00. The van der Waals surface area contributed by atoms with Crippen molar-refractivity contribution >= 4 is 0 Å². The van der Waals surface area contributed by atoms with Crippen LogP contribution in [0.2, 0.25) is 0 Å². The second-order valence-corrected chi connectivity index (χ2v) is 2.72. The van der Waals surface area contributed by atoms with Gasteiger partial charge in [0, 0.05) is 27.1 Å². The first-order chi connectivity index (χ1) is 6.91. The molecule has 0 fully saturated rings. The third kappa shape index (κ3) is 338. The molecule has 16 heavy (non-hydrogen) atoms. The summed E-state index contributed by atoms with van der Waals surface area (Å²) in [6.45, 7) is 0.765. The first-order valence-corrected chi connectivity index (χ1v) is 4.27. The van der Waals surface area contributed by atoms with Crippen LogP contribution in [0, 0.1) is 0 Å². The molecule has 0 radical (unpaired) electrons. The molecule has 0 aliphatic carbocycles. The number of hydrogen-bond acceptors (Lipinski definition) is 2. The van der Waals surface area contributed by atoms with E-state index in [0.717, 1.165) is 12.8 Å². The SMILES string of the molecule is CC(F)(F)F.CC(F)(F)F.OCCCCO. The van der Waals surface area contributed by atoms with Crippen LogP contribution < -0.4 is 0 Å². The first kappa shape index (κ1) is 20.9. The zero-order chi connectivity index (χ0) is 13.8. The summed E-state index contributed by atoms with van der Waals surface area (Å²) in [4.78, 5) is 0. The van der Waals surface area contributed by atoms with Crippen molar-refractivity contribution in [3.05, 3.63) is 0 Å². The molecule has 0 spiro atoms. The van der Waals surface area contributed by atoms with Crippen molar-refractivity contribution in [1.29, 1.82) is 0 Å². The van der Waals surface area contributed by atoms with Gasteiger partial charge in [-0.05, 0) is 12.8 Å². The zero-order valence-corrected chi connectivity index (χ0v) is 8.99. The minimum absolute atomic E-state index is 0.188. The Hall–Kier alpha value is -0.500. The van der Waals surface area contributed by atoms with Crippen molar-refractivity contribution in [2.75, 3.05) is 13.2 Å². The van der Waals surface area contributed by atoms with Crippen molar-refractivity contribution in [1.82, 2.24) is 0 Å². The highest BCUT2D eigenvalue weighted by molar-refractivity contribution is 4.30. The Morgan fingerprint density at radius 1 is 0.688 bits per heavy atom. The van der Waals surface area contributed by atoms with E-state index in [1.165, 1.54) is 0 Å². The Balaban J connectivity index is -0.000000160. The molecule has 0 aromatic rings. The summed E-state index contributed by atoms with van der Waals surface area (Å²) in [5.41, 5.74) is 0. The molecule has 0 aliphatic rings. The largest absolute Gasteiger partial charge is 0.396 e. The lowest BCUT2D eigenvalue weighted by molar-refractivity contribution is -0.111. The highest BCUT2D eigenvalue weighted by atomic mass is 19.4. The van der Waals surface area contributed by atoms with Gasteiger partial charge in [0.05, 0.1) is 0 Å². The van der Waals surface area contributed by atoms with Gasteiger partial charge >= 0.3 is 12.4 Å². The van der Waals surface area contributed by atoms with Crippen LogP contribution in [0.3, 0.4) is 0 Å². The van der Waals surface area contributed by atoms with E-state index < -0.39 is 12.4 Å². The van der Waals surface area contributed by atoms with E-state index in [-0.39, 0.29) is 27.1 Å². The highest BCUT2D eigenvalue weighted by Crippen LogP contribution is 2.10. The maximum Gasteiger partial charge on any atom is 0.386 e. The van der Waals surface area contributed by atoms with E-state index in [4.69, 9.17) is 10.2 Å². The van der Waals surface area contributed by atoms with Crippen molar-refractivity contribution < 1.29 is 36.6 Å². The second kappa shape index (κ2) is 11.0. The van der Waals surface area contributed by atoms with E-state index in [0.29, 0.717) is 0 Å². The van der Waals surface area contributed by atoms with Gasteiger partial charge in [-0.1, -0.05) is 0 Å². The van der Waals surface area contributed by atoms with Crippen molar-refractivity contribution in [2.24, 2.45) is 0 Å². The molecule has 0 bridgehead atoms. The lowest BCUT2D eigenvalue weighted by Crippen LogP contribution is -1.95. The predicted octanol–water partition coefficient (Wildman–Crippen LogP) is 2.89. The van der Waals surface area contributed by atoms with Gasteiger partial charge in [-0.25, -0.2) is 0 Å². The molecule has 2 nitrogen and oxygen atoms in total. The normalized spacial score (nSPS) is 10.9. The molecule has 0 saturated carbocycles. The number of rotatable bonds is 3. The number of aliphatic hydroxyl groups excluding tert-OH is 2. The van der Waals surface area contributed by atoms with Gasteiger partial charge in [0.25, 0.3) is 0 Å². The summed E-state index contributed by atoms with van der Waals surface area (Å²) in [5.74, 6) is 0. The van der Waals surface area contributed by atoms with Crippen LogP contribution in [-0.4, -0.2) is 35.8 Å². The van der Waals surface area contributed by atoms with E-state index >= 15 is 0 Å². The number of halogens is 6. The lowest BCUT2D eigenvalue weighted by atomic mass is 10.3. The minimum atomic E-state index is -4.00. The molecule has 0 amide bonds. The topological polar surface area (TPSA) is 40.5 Å². The highest BCUT2D eigenvalue weighted by Gasteiger charge is 2.16. The van der Waals surface area contributed by atoms with Gasteiger partial charge < -0.3 is 10.2 Å². The molecule has 0 aromatic heterocycles. The Kier molecular flexibility index (Phi) is 14.3. The minimum Gasteiger partial charge on any atom is -0.396 e. The Labute approximate surface area is 89.9 Å². The van der Waals surface area contributed by atoms with E-state index in [9.17, 15) is 26.3 Å². The average molecular weight is 258 g/mol. The molecular formula is C8H16F6O2. The van der Waals surface area contributed by atoms with Crippen molar-refractivity contribution in [2.45, 2.75) is 39.0 Å². The standard InChI is InChI=1S/C4H10O2.2C2H3F3/c5-3-1-2-4-6;2*1-2(3,4)5/h5-6H,1-4H2;2*1H3. The van der Waals surface area contributed by atoms with E-state index in [2.05, 4.69) is 0 Å². The Morgan fingerprint density at radius 3 is 0.875 bits per heavy atom. The number of hydrogen-bond donors (Lipinski definition) is 2. The molecule has 2 N–H and O–H groups in total. The van der Waals surface area contributed by atoms with Crippen LogP contribution in [0.4, 0.5) is 26.3 Å². The molecule has 8 heteroatoms. The second-order valence-electron chi connectivity index (χ2n) is 2.72. The summed E-state index contributed by atoms with van der Waals surface area (Å²) in [6.07, 6.45) is -6.56. The monoisotopic (exact) mass is 258 g/mol. The van der Waals surface area contributed by atoms with Crippen LogP contribution in [-0.2, 0) is 0 Å². The number of aliphatic hydroxyl groups is 2. The third-order valence-corrected chi connectivity index (χ3v) is 0.566. The summed E-state index contributed by atoms with van der Waals surface area (Å²) < 4.78 is 62.1. The number of unbranched alkanes of at least 4 members (excludes halogenated alkanes) is 1. The maximum absolute atomic E-state index is 10.4. The molecule has 0 heterocycles. The molecule has 0 aromatic carbocycles. The van der Waals surface area contributed by atoms with Crippen molar-refractivity contribution in [3.63, 3.8) is 0 Å². The van der Waals surface area contributed by atoms with Gasteiger partial charge in [0.1, 0.15) is 0 Å². The first-order valence-electron chi connectivity index (χ1n) is 4.27. The van der Waals surface area contributed by atoms with E-state index in [1.807, 2.05) is 0 Å². The van der Waals surface area contributed by atoms with Gasteiger partial charge in [-0.3, -0.25) is 0 Å². The number of alkyl halides is 6. The summed E-state index contributed by atoms with van der Waals surface area (Å²) in [7, 11) is 0. The van der Waals surface area contributed by atoms with Crippen molar-refractivity contribution in [3.8, 4) is 0 Å². The zero-order valence-electron chi connectivity index (χ0n) is 8.99. The van der Waals surface area contributed by atoms with Crippen LogP contribution in [0.15, 0.2) is 0 Å². The molecule has 0 saturated heterocycles. The predicted molar refractivity (Wildman–Crippen MR) is 46.9 cm³/mol. The molecule has 0 atom stereocenters. The van der Waals surface area contributed by atoms with Gasteiger partial charge in [0.15, 0.2) is 0 Å². The van der Waals surface area contributed by atoms with Gasteiger partial charge in [-0.2, -0.15) is 26.3 Å². The quantitative estimate of drug-likeness (QED) is 0.603. The summed E-state index contributed by atoms with van der Waals surface area (Å²) >= 11 is 0. The van der Waals surface area contributed by atoms with Gasteiger partial charge in [0.2, 0.25) is 0 Å². The molecular weight excluding hydrogens is 242 g/mol. The summed E-state index contributed by atoms with van der Waals surface area (Å²) in [6, 6.07) is 0. The van der Waals surface area contributed by atoms with Crippen LogP contribution in [0.25, 0.3) is 0 Å². The molecule has 0 unspecified atom stereocenters. The van der Waals surface area contributed by atoms with Crippen LogP contribution >= 0.6 is 0 Å². The van der Waals surface area contributed by atoms with E-state index in [1.54, 1.807) is 0 Å². The fourth-order valence-electron chi connectivity index (χ4n) is 0.224. The lowest BCUT2D eigenvalue weighted by Gasteiger charge is -1.88. The van der Waals surface area contributed by atoms with Crippen LogP contribution in [0.5, 0.6) is 0 Å². The Bertz CT molecular complexity index is 103. The van der Waals surface area contributed by atoms with Crippen LogP contribution in [0.1, 0.15) is 26.7 Å². The fourth-order valence-corrected chi connectivity index (χ4v) is 0.224. The molecule has 0 rings (SSSR count). The smallest absolute Gasteiger partial charge is 0.386 e. The molecule has 102 valence electrons. The van der Waals surface area contributed by atoms with Gasteiger partial charge in [-0.15, -0.1) is 0 Å². The summed E-state index contributed by atoms with van der Waals surface area (Å²) in [5, 5.41) is 16.2. The third-order valence-electron chi connectivity index (χ3n) is 0.566. The Morgan fingerprint density at radius 2 is 0.812 bits per heavy atom. The molecule has 0 aliphatic heterocycles.